The molecule has 0 bridgehead atoms. The fraction of sp³-hybridized carbons (Fsp3) is 0.789. The molecule has 0 radical (unpaired) electrons. The van der Waals surface area contributed by atoms with Gasteiger partial charge in [-0.1, -0.05) is 12.8 Å². The van der Waals surface area contributed by atoms with Gasteiger partial charge in [0, 0.05) is 50.7 Å². The van der Waals surface area contributed by atoms with E-state index in [1.807, 2.05) is 0 Å². The average molecular weight is 345 g/mol. The molecule has 0 saturated carbocycles. The summed E-state index contributed by atoms with van der Waals surface area (Å²) in [6, 6.07) is 0.614. The molecule has 4 rings (SSSR count). The van der Waals surface area contributed by atoms with E-state index in [4.69, 9.17) is 9.97 Å². The van der Waals surface area contributed by atoms with Crippen LogP contribution in [0.3, 0.4) is 0 Å². The van der Waals surface area contributed by atoms with Crippen molar-refractivity contribution in [3.05, 3.63) is 11.3 Å². The van der Waals surface area contributed by atoms with E-state index in [9.17, 15) is 0 Å². The highest BCUT2D eigenvalue weighted by molar-refractivity contribution is 5.53. The summed E-state index contributed by atoms with van der Waals surface area (Å²) in [6.07, 6.45) is 8.85. The topological polar surface area (TPSA) is 56.3 Å². The maximum atomic E-state index is 4.98. The third-order valence-corrected chi connectivity index (χ3v) is 5.98. The minimum absolute atomic E-state index is 0.614. The highest BCUT2D eigenvalue weighted by Gasteiger charge is 2.24. The largest absolute Gasteiger partial charge is 0.356 e. The molecular weight excluding hydrogens is 312 g/mol. The summed E-state index contributed by atoms with van der Waals surface area (Å²) in [7, 11) is 2.22. The third-order valence-electron chi connectivity index (χ3n) is 5.98. The SMILES string of the molecule is CN1CCCC1CNc1nc2c(c(N3CCCCCC3)n1)CNCC2. The van der Waals surface area contributed by atoms with Crippen LogP contribution in [0.4, 0.5) is 11.8 Å². The second-order valence-electron chi connectivity index (χ2n) is 7.78. The number of nitrogens with one attached hydrogen (secondary N) is 2. The van der Waals surface area contributed by atoms with Crippen LogP contribution in [0, 0.1) is 0 Å². The van der Waals surface area contributed by atoms with Crippen LogP contribution < -0.4 is 15.5 Å². The molecule has 1 unspecified atom stereocenters. The Hall–Kier alpha value is -1.40. The maximum Gasteiger partial charge on any atom is 0.224 e. The predicted molar refractivity (Wildman–Crippen MR) is 102 cm³/mol. The van der Waals surface area contributed by atoms with Crippen molar-refractivity contribution in [2.75, 3.05) is 50.0 Å². The molecule has 6 nitrogen and oxygen atoms in total. The second kappa shape index (κ2) is 7.87. The van der Waals surface area contributed by atoms with Crippen molar-refractivity contribution >= 4 is 11.8 Å². The number of aromatic nitrogens is 2. The number of rotatable bonds is 4. The van der Waals surface area contributed by atoms with Crippen LogP contribution in [0.1, 0.15) is 49.8 Å². The van der Waals surface area contributed by atoms with E-state index in [2.05, 4.69) is 27.5 Å². The first-order chi connectivity index (χ1) is 12.3. The molecule has 0 amide bonds. The summed E-state index contributed by atoms with van der Waals surface area (Å²) in [5.41, 5.74) is 2.58. The van der Waals surface area contributed by atoms with Crippen LogP contribution in [0.15, 0.2) is 0 Å². The van der Waals surface area contributed by atoms with E-state index in [0.717, 1.165) is 45.1 Å². The highest BCUT2D eigenvalue weighted by Crippen LogP contribution is 2.27. The summed E-state index contributed by atoms with van der Waals surface area (Å²) >= 11 is 0. The third kappa shape index (κ3) is 3.90. The Labute approximate surface area is 151 Å². The number of nitrogens with zero attached hydrogens (tertiary/aromatic N) is 4. The molecule has 4 heterocycles. The zero-order valence-electron chi connectivity index (χ0n) is 15.6. The molecule has 0 aromatic carbocycles. The van der Waals surface area contributed by atoms with E-state index in [1.165, 1.54) is 62.1 Å². The Morgan fingerprint density at radius 3 is 2.68 bits per heavy atom. The number of fused-ring (bicyclic) bond motifs is 1. The van der Waals surface area contributed by atoms with Gasteiger partial charge in [-0.05, 0) is 39.3 Å². The van der Waals surface area contributed by atoms with Gasteiger partial charge in [-0.3, -0.25) is 0 Å². The molecule has 6 heteroatoms. The molecule has 1 atom stereocenters. The molecule has 25 heavy (non-hydrogen) atoms. The summed E-state index contributed by atoms with van der Waals surface area (Å²) in [5, 5.41) is 7.06. The molecule has 0 spiro atoms. The Morgan fingerprint density at radius 2 is 1.92 bits per heavy atom. The fourth-order valence-corrected chi connectivity index (χ4v) is 4.39. The van der Waals surface area contributed by atoms with Gasteiger partial charge in [-0.25, -0.2) is 4.98 Å². The van der Waals surface area contributed by atoms with E-state index in [0.29, 0.717) is 6.04 Å². The van der Waals surface area contributed by atoms with Gasteiger partial charge in [0.15, 0.2) is 0 Å². The lowest BCUT2D eigenvalue weighted by Crippen LogP contribution is -2.34. The lowest BCUT2D eigenvalue weighted by atomic mass is 10.1. The van der Waals surface area contributed by atoms with E-state index < -0.39 is 0 Å². The van der Waals surface area contributed by atoms with E-state index >= 15 is 0 Å². The van der Waals surface area contributed by atoms with Crippen molar-refractivity contribution in [1.82, 2.24) is 20.2 Å². The van der Waals surface area contributed by atoms with Crippen LogP contribution in [-0.2, 0) is 13.0 Å². The molecule has 2 saturated heterocycles. The van der Waals surface area contributed by atoms with Gasteiger partial charge in [-0.2, -0.15) is 4.98 Å². The monoisotopic (exact) mass is 344 g/mol. The quantitative estimate of drug-likeness (QED) is 0.871. The zero-order valence-corrected chi connectivity index (χ0v) is 15.6. The Kier molecular flexibility index (Phi) is 5.36. The van der Waals surface area contributed by atoms with Crippen LogP contribution in [-0.4, -0.2) is 60.7 Å². The van der Waals surface area contributed by atoms with Gasteiger partial charge in [-0.15, -0.1) is 0 Å². The first-order valence-corrected chi connectivity index (χ1v) is 10.1. The fourth-order valence-electron chi connectivity index (χ4n) is 4.39. The average Bonchev–Trinajstić information content (AvgIpc) is 2.88. The minimum atomic E-state index is 0.614. The van der Waals surface area contributed by atoms with Gasteiger partial charge < -0.3 is 20.4 Å². The van der Waals surface area contributed by atoms with Crippen LogP contribution >= 0.6 is 0 Å². The van der Waals surface area contributed by atoms with Gasteiger partial charge in [0.05, 0.1) is 5.69 Å². The number of likely N-dealkylation sites (tertiary alicyclic amines) is 1. The molecule has 3 aliphatic heterocycles. The molecule has 0 aliphatic carbocycles. The molecule has 3 aliphatic rings. The molecule has 1 aromatic rings. The van der Waals surface area contributed by atoms with E-state index in [1.54, 1.807) is 0 Å². The molecule has 2 N–H and O–H groups in total. The van der Waals surface area contributed by atoms with Crippen LogP contribution in [0.5, 0.6) is 0 Å². The number of hydrogen-bond donors (Lipinski definition) is 2. The predicted octanol–water partition coefficient (Wildman–Crippen LogP) is 2.01. The van der Waals surface area contributed by atoms with Crippen molar-refractivity contribution in [3.8, 4) is 0 Å². The minimum Gasteiger partial charge on any atom is -0.356 e. The van der Waals surface area contributed by atoms with Crippen molar-refractivity contribution in [3.63, 3.8) is 0 Å². The van der Waals surface area contributed by atoms with E-state index in [-0.39, 0.29) is 0 Å². The maximum absolute atomic E-state index is 4.98. The summed E-state index contributed by atoms with van der Waals surface area (Å²) in [4.78, 5) is 14.8. The summed E-state index contributed by atoms with van der Waals surface area (Å²) in [6.45, 7) is 6.36. The highest BCUT2D eigenvalue weighted by atomic mass is 15.2. The normalized spacial score (nSPS) is 24.8. The smallest absolute Gasteiger partial charge is 0.224 e. The second-order valence-corrected chi connectivity index (χ2v) is 7.78. The molecular formula is C19H32N6. The Morgan fingerprint density at radius 1 is 1.08 bits per heavy atom. The standard InChI is InChI=1S/C19H32N6/c1-24-10-6-7-15(24)13-21-19-22-17-8-9-20-14-16(17)18(23-19)25-11-4-2-3-5-12-25/h15,20H,2-14H2,1H3,(H,21,22,23). The van der Waals surface area contributed by atoms with Crippen molar-refractivity contribution in [2.24, 2.45) is 0 Å². The van der Waals surface area contributed by atoms with Gasteiger partial charge in [0.1, 0.15) is 5.82 Å². The lowest BCUT2D eigenvalue weighted by Gasteiger charge is -2.28. The molecule has 2 fully saturated rings. The first-order valence-electron chi connectivity index (χ1n) is 10.1. The first kappa shape index (κ1) is 17.0. The number of likely N-dealkylation sites (N-methyl/N-ethyl adjacent to an activating group) is 1. The molecule has 138 valence electrons. The lowest BCUT2D eigenvalue weighted by molar-refractivity contribution is 0.322. The number of hydrogen-bond acceptors (Lipinski definition) is 6. The molecule has 1 aromatic heterocycles. The van der Waals surface area contributed by atoms with Crippen molar-refractivity contribution < 1.29 is 0 Å². The Bertz CT molecular complexity index is 582. The van der Waals surface area contributed by atoms with Crippen molar-refractivity contribution in [1.29, 1.82) is 0 Å². The van der Waals surface area contributed by atoms with Gasteiger partial charge >= 0.3 is 0 Å². The summed E-state index contributed by atoms with van der Waals surface area (Å²) in [5.74, 6) is 2.02. The zero-order chi connectivity index (χ0) is 17.1. The van der Waals surface area contributed by atoms with Gasteiger partial charge in [0.2, 0.25) is 5.95 Å². The Balaban J connectivity index is 1.55. The van der Waals surface area contributed by atoms with Gasteiger partial charge in [0.25, 0.3) is 0 Å². The van der Waals surface area contributed by atoms with Crippen LogP contribution in [0.2, 0.25) is 0 Å². The summed E-state index contributed by atoms with van der Waals surface area (Å²) < 4.78 is 0. The van der Waals surface area contributed by atoms with Crippen molar-refractivity contribution in [2.45, 2.75) is 57.5 Å². The number of anilines is 2. The van der Waals surface area contributed by atoms with Crippen LogP contribution in [0.25, 0.3) is 0 Å².